The molecule has 4 rings (SSSR count). The molecule has 0 spiro atoms. The minimum Gasteiger partial charge on any atom is -0.478 e. The minimum atomic E-state index is -3.84. The van der Waals surface area contributed by atoms with Crippen molar-refractivity contribution in [2.24, 2.45) is 0 Å². The lowest BCUT2D eigenvalue weighted by Crippen LogP contribution is -2.13. The van der Waals surface area contributed by atoms with Crippen LogP contribution in [0.3, 0.4) is 0 Å². The van der Waals surface area contributed by atoms with Crippen molar-refractivity contribution in [2.45, 2.75) is 4.90 Å². The molecule has 7 nitrogen and oxygen atoms in total. The quantitative estimate of drug-likeness (QED) is 0.478. The Labute approximate surface area is 160 Å². The first-order valence-corrected chi connectivity index (χ1v) is 9.82. The molecule has 0 fully saturated rings. The van der Waals surface area contributed by atoms with Crippen LogP contribution in [0.2, 0.25) is 0 Å². The molecule has 28 heavy (non-hydrogen) atoms. The van der Waals surface area contributed by atoms with Crippen LogP contribution in [0.1, 0.15) is 10.4 Å². The lowest BCUT2D eigenvalue weighted by molar-refractivity contribution is 0.0697. The summed E-state index contributed by atoms with van der Waals surface area (Å²) in [5.74, 6) is -0.421. The first-order valence-electron chi connectivity index (χ1n) is 8.34. The number of carboxylic acids is 1. The van der Waals surface area contributed by atoms with E-state index in [-0.39, 0.29) is 16.1 Å². The number of anilines is 1. The predicted octanol–water partition coefficient (Wildman–Crippen LogP) is 3.73. The number of aromatic carboxylic acids is 1. The van der Waals surface area contributed by atoms with Crippen molar-refractivity contribution >= 4 is 32.7 Å². The summed E-state index contributed by atoms with van der Waals surface area (Å²) in [5, 5.41) is 8.92. The Balaban J connectivity index is 1.64. The van der Waals surface area contributed by atoms with E-state index >= 15 is 0 Å². The van der Waals surface area contributed by atoms with Gasteiger partial charge in [-0.3, -0.25) is 4.72 Å². The fourth-order valence-corrected chi connectivity index (χ4v) is 3.86. The van der Waals surface area contributed by atoms with Crippen LogP contribution in [0, 0.1) is 0 Å². The molecule has 0 saturated carbocycles. The fourth-order valence-electron chi connectivity index (χ4n) is 2.78. The summed E-state index contributed by atoms with van der Waals surface area (Å²) in [6, 6.07) is 19.7. The summed E-state index contributed by atoms with van der Waals surface area (Å²) in [5.41, 5.74) is 2.51. The summed E-state index contributed by atoms with van der Waals surface area (Å²) in [4.78, 5) is 18.6. The molecule has 0 bridgehead atoms. The van der Waals surface area contributed by atoms with Crippen LogP contribution in [-0.2, 0) is 10.0 Å². The summed E-state index contributed by atoms with van der Waals surface area (Å²) < 4.78 is 27.8. The Hall–Kier alpha value is -3.65. The Morgan fingerprint density at radius 2 is 1.68 bits per heavy atom. The van der Waals surface area contributed by atoms with Gasteiger partial charge in [-0.2, -0.15) is 0 Å². The average molecular weight is 393 g/mol. The van der Waals surface area contributed by atoms with Gasteiger partial charge in [-0.15, -0.1) is 0 Å². The second-order valence-corrected chi connectivity index (χ2v) is 7.80. The van der Waals surface area contributed by atoms with Crippen molar-refractivity contribution < 1.29 is 18.3 Å². The molecule has 0 radical (unpaired) electrons. The largest absolute Gasteiger partial charge is 0.478 e. The maximum atomic E-state index is 12.7. The summed E-state index contributed by atoms with van der Waals surface area (Å²) in [7, 11) is -3.84. The van der Waals surface area contributed by atoms with Crippen molar-refractivity contribution in [2.75, 3.05) is 4.72 Å². The SMILES string of the molecule is O=C(O)c1ccc(NS(=O)(=O)c2ccc3[nH]c(-c4ccccc4)nc3c2)cc1. The third-order valence-corrected chi connectivity index (χ3v) is 5.58. The Kier molecular flexibility index (Phi) is 4.32. The molecule has 4 aromatic rings. The van der Waals surface area contributed by atoms with Gasteiger partial charge in [0.1, 0.15) is 5.82 Å². The molecule has 140 valence electrons. The van der Waals surface area contributed by atoms with E-state index < -0.39 is 16.0 Å². The van der Waals surface area contributed by atoms with E-state index in [0.29, 0.717) is 11.3 Å². The van der Waals surface area contributed by atoms with Crippen LogP contribution in [0.15, 0.2) is 77.7 Å². The zero-order chi connectivity index (χ0) is 19.7. The number of benzene rings is 3. The smallest absolute Gasteiger partial charge is 0.335 e. The van der Waals surface area contributed by atoms with Crippen molar-refractivity contribution in [1.29, 1.82) is 0 Å². The van der Waals surface area contributed by atoms with Gasteiger partial charge in [0.05, 0.1) is 21.5 Å². The number of aromatic nitrogens is 2. The van der Waals surface area contributed by atoms with Crippen LogP contribution < -0.4 is 4.72 Å². The molecular formula is C20H15N3O4S. The van der Waals surface area contributed by atoms with Gasteiger partial charge >= 0.3 is 5.97 Å². The van der Waals surface area contributed by atoms with E-state index in [4.69, 9.17) is 5.11 Å². The highest BCUT2D eigenvalue weighted by atomic mass is 32.2. The standard InChI is InChI=1S/C20H15N3O4S/c24-20(25)14-6-8-15(9-7-14)23-28(26,27)16-10-11-17-18(12-16)22-19(21-17)13-4-2-1-3-5-13/h1-12,23H,(H,21,22)(H,24,25). The monoisotopic (exact) mass is 393 g/mol. The van der Waals surface area contributed by atoms with Gasteiger partial charge in [-0.1, -0.05) is 30.3 Å². The van der Waals surface area contributed by atoms with E-state index in [0.717, 1.165) is 11.1 Å². The Morgan fingerprint density at radius 3 is 2.36 bits per heavy atom. The third kappa shape index (κ3) is 3.45. The molecule has 0 amide bonds. The number of H-pyrrole nitrogens is 1. The number of fused-ring (bicyclic) bond motifs is 1. The van der Waals surface area contributed by atoms with E-state index in [1.165, 1.54) is 36.4 Å². The number of carboxylic acid groups (broad SMARTS) is 1. The maximum absolute atomic E-state index is 12.7. The van der Waals surface area contributed by atoms with Gasteiger partial charge in [0, 0.05) is 11.3 Å². The molecule has 0 aliphatic rings. The van der Waals surface area contributed by atoms with Gasteiger partial charge in [0.25, 0.3) is 10.0 Å². The van der Waals surface area contributed by atoms with Gasteiger partial charge in [0.15, 0.2) is 0 Å². The zero-order valence-electron chi connectivity index (χ0n) is 14.5. The van der Waals surface area contributed by atoms with Crippen LogP contribution in [0.4, 0.5) is 5.69 Å². The van der Waals surface area contributed by atoms with E-state index in [1.54, 1.807) is 6.07 Å². The van der Waals surface area contributed by atoms with Crippen LogP contribution in [0.25, 0.3) is 22.4 Å². The third-order valence-electron chi connectivity index (χ3n) is 4.20. The molecule has 8 heteroatoms. The highest BCUT2D eigenvalue weighted by Crippen LogP contribution is 2.24. The molecule has 0 atom stereocenters. The number of hydrogen-bond acceptors (Lipinski definition) is 4. The number of sulfonamides is 1. The lowest BCUT2D eigenvalue weighted by atomic mass is 10.2. The number of nitrogens with zero attached hydrogens (tertiary/aromatic N) is 1. The Bertz CT molecular complexity index is 1260. The minimum absolute atomic E-state index is 0.0634. The summed E-state index contributed by atoms with van der Waals surface area (Å²) in [6.45, 7) is 0. The lowest BCUT2D eigenvalue weighted by Gasteiger charge is -2.08. The topological polar surface area (TPSA) is 112 Å². The zero-order valence-corrected chi connectivity index (χ0v) is 15.3. The van der Waals surface area contributed by atoms with Gasteiger partial charge < -0.3 is 10.1 Å². The second-order valence-electron chi connectivity index (χ2n) is 6.12. The first kappa shape index (κ1) is 17.7. The second kappa shape index (κ2) is 6.82. The highest BCUT2D eigenvalue weighted by molar-refractivity contribution is 7.92. The summed E-state index contributed by atoms with van der Waals surface area (Å²) in [6.07, 6.45) is 0. The molecule has 1 aromatic heterocycles. The number of hydrogen-bond donors (Lipinski definition) is 3. The van der Waals surface area contributed by atoms with Crippen molar-refractivity contribution in [1.82, 2.24) is 9.97 Å². The number of carbonyl (C=O) groups is 1. The molecule has 0 aliphatic carbocycles. The van der Waals surface area contributed by atoms with E-state index in [1.807, 2.05) is 30.3 Å². The number of rotatable bonds is 5. The van der Waals surface area contributed by atoms with E-state index in [9.17, 15) is 13.2 Å². The fraction of sp³-hybridized carbons (Fsp3) is 0. The Morgan fingerprint density at radius 1 is 0.964 bits per heavy atom. The maximum Gasteiger partial charge on any atom is 0.335 e. The highest BCUT2D eigenvalue weighted by Gasteiger charge is 2.16. The molecule has 0 unspecified atom stereocenters. The van der Waals surface area contributed by atoms with Crippen LogP contribution in [0.5, 0.6) is 0 Å². The molecule has 3 N–H and O–H groups in total. The van der Waals surface area contributed by atoms with Crippen molar-refractivity contribution in [3.05, 3.63) is 78.4 Å². The van der Waals surface area contributed by atoms with Crippen molar-refractivity contribution in [3.8, 4) is 11.4 Å². The first-order chi connectivity index (χ1) is 13.4. The normalized spacial score (nSPS) is 11.4. The average Bonchev–Trinajstić information content (AvgIpc) is 3.12. The molecule has 0 aliphatic heterocycles. The summed E-state index contributed by atoms with van der Waals surface area (Å²) >= 11 is 0. The number of imidazole rings is 1. The molecule has 0 saturated heterocycles. The molecular weight excluding hydrogens is 378 g/mol. The van der Waals surface area contributed by atoms with Gasteiger partial charge in [-0.05, 0) is 42.5 Å². The van der Waals surface area contributed by atoms with Gasteiger partial charge in [0.2, 0.25) is 0 Å². The van der Waals surface area contributed by atoms with Crippen LogP contribution in [-0.4, -0.2) is 29.5 Å². The molecule has 3 aromatic carbocycles. The predicted molar refractivity (Wildman–Crippen MR) is 106 cm³/mol. The number of nitrogens with one attached hydrogen (secondary N) is 2. The van der Waals surface area contributed by atoms with Crippen molar-refractivity contribution in [3.63, 3.8) is 0 Å². The van der Waals surface area contributed by atoms with E-state index in [2.05, 4.69) is 14.7 Å². The molecule has 1 heterocycles. The van der Waals surface area contributed by atoms with Gasteiger partial charge in [-0.25, -0.2) is 18.2 Å². The number of aromatic amines is 1. The van der Waals surface area contributed by atoms with Crippen LogP contribution >= 0.6 is 0 Å².